The fraction of sp³-hybridized carbons (Fsp3) is 0.625. The van der Waals surface area contributed by atoms with E-state index in [0.29, 0.717) is 12.2 Å². The minimum Gasteiger partial charge on any atom is -0.393 e. The van der Waals surface area contributed by atoms with Crippen molar-refractivity contribution in [2.45, 2.75) is 33.2 Å². The lowest BCUT2D eigenvalue weighted by atomic mass is 10.2. The Kier molecular flexibility index (Phi) is 2.58. The molecule has 0 amide bonds. The molecule has 0 saturated carbocycles. The van der Waals surface area contributed by atoms with Crippen LogP contribution in [0.5, 0.6) is 0 Å². The number of hydrogen-bond acceptors (Lipinski definition) is 2. The third kappa shape index (κ3) is 1.37. The van der Waals surface area contributed by atoms with Crippen LogP contribution in [-0.2, 0) is 13.0 Å². The Morgan fingerprint density at radius 1 is 1.50 bits per heavy atom. The van der Waals surface area contributed by atoms with E-state index in [0.717, 1.165) is 18.5 Å². The molecular formula is C8H15N3O. The zero-order valence-corrected chi connectivity index (χ0v) is 7.55. The zero-order chi connectivity index (χ0) is 9.14. The van der Waals surface area contributed by atoms with Crippen molar-refractivity contribution >= 4 is 5.69 Å². The third-order valence-corrected chi connectivity index (χ3v) is 1.89. The second-order valence-electron chi connectivity index (χ2n) is 2.80. The second kappa shape index (κ2) is 3.47. The van der Waals surface area contributed by atoms with Crippen LogP contribution in [0.3, 0.4) is 0 Å². The van der Waals surface area contributed by atoms with Crippen molar-refractivity contribution in [3.8, 4) is 0 Å². The monoisotopic (exact) mass is 169 g/mol. The maximum absolute atomic E-state index is 11.3. The molecule has 0 aliphatic carbocycles. The molecule has 68 valence electrons. The van der Waals surface area contributed by atoms with Gasteiger partial charge in [-0.1, -0.05) is 13.3 Å². The van der Waals surface area contributed by atoms with E-state index in [-0.39, 0.29) is 5.56 Å². The summed E-state index contributed by atoms with van der Waals surface area (Å²) in [5, 5.41) is 2.98. The maximum Gasteiger partial charge on any atom is 0.289 e. The lowest BCUT2D eigenvalue weighted by Crippen LogP contribution is -2.17. The summed E-state index contributed by atoms with van der Waals surface area (Å²) in [6.45, 7) is 4.61. The van der Waals surface area contributed by atoms with Crippen molar-refractivity contribution in [1.29, 1.82) is 0 Å². The molecule has 0 radical (unpaired) electrons. The number of aromatic nitrogens is 2. The van der Waals surface area contributed by atoms with Crippen molar-refractivity contribution in [3.05, 3.63) is 16.0 Å². The molecule has 12 heavy (non-hydrogen) atoms. The molecule has 0 saturated heterocycles. The molecular weight excluding hydrogens is 154 g/mol. The Morgan fingerprint density at radius 2 is 2.17 bits per heavy atom. The van der Waals surface area contributed by atoms with Gasteiger partial charge in [-0.3, -0.25) is 14.6 Å². The van der Waals surface area contributed by atoms with Gasteiger partial charge in [0.25, 0.3) is 5.56 Å². The van der Waals surface area contributed by atoms with Gasteiger partial charge in [-0.05, 0) is 13.3 Å². The molecule has 0 unspecified atom stereocenters. The van der Waals surface area contributed by atoms with E-state index in [9.17, 15) is 4.79 Å². The van der Waals surface area contributed by atoms with Crippen LogP contribution in [0.2, 0.25) is 0 Å². The number of nitrogens with one attached hydrogen (secondary N) is 1. The Bertz CT molecular complexity index is 311. The first kappa shape index (κ1) is 8.90. The molecule has 4 heteroatoms. The first-order valence-corrected chi connectivity index (χ1v) is 4.27. The second-order valence-corrected chi connectivity index (χ2v) is 2.80. The molecule has 4 nitrogen and oxygen atoms in total. The maximum atomic E-state index is 11.3. The Hall–Kier alpha value is -1.19. The van der Waals surface area contributed by atoms with E-state index in [1.165, 1.54) is 4.68 Å². The zero-order valence-electron chi connectivity index (χ0n) is 7.55. The van der Waals surface area contributed by atoms with Gasteiger partial charge in [-0.15, -0.1) is 0 Å². The van der Waals surface area contributed by atoms with Gasteiger partial charge in [0.1, 0.15) is 5.69 Å². The topological polar surface area (TPSA) is 63.8 Å². The largest absolute Gasteiger partial charge is 0.393 e. The lowest BCUT2D eigenvalue weighted by molar-refractivity contribution is 0.625. The van der Waals surface area contributed by atoms with Gasteiger partial charge in [0.05, 0.1) is 5.69 Å². The van der Waals surface area contributed by atoms with Crippen molar-refractivity contribution < 1.29 is 0 Å². The van der Waals surface area contributed by atoms with E-state index in [1.54, 1.807) is 0 Å². The van der Waals surface area contributed by atoms with Gasteiger partial charge in [0.2, 0.25) is 0 Å². The van der Waals surface area contributed by atoms with Gasteiger partial charge < -0.3 is 5.73 Å². The molecule has 1 aromatic heterocycles. The first-order chi connectivity index (χ1) is 5.70. The Labute approximate surface area is 71.4 Å². The molecule has 1 heterocycles. The number of aryl methyl sites for hydroxylation is 2. The van der Waals surface area contributed by atoms with Crippen LogP contribution in [0.4, 0.5) is 5.69 Å². The summed E-state index contributed by atoms with van der Waals surface area (Å²) in [7, 11) is 0. The average molecular weight is 169 g/mol. The molecule has 0 spiro atoms. The highest BCUT2D eigenvalue weighted by molar-refractivity contribution is 5.40. The van der Waals surface area contributed by atoms with Crippen molar-refractivity contribution in [2.24, 2.45) is 0 Å². The van der Waals surface area contributed by atoms with Crippen LogP contribution in [0.25, 0.3) is 0 Å². The van der Waals surface area contributed by atoms with Crippen LogP contribution in [0.1, 0.15) is 26.0 Å². The number of aromatic amines is 1. The summed E-state index contributed by atoms with van der Waals surface area (Å²) in [5.41, 5.74) is 6.74. The van der Waals surface area contributed by atoms with E-state index in [2.05, 4.69) is 12.0 Å². The fourth-order valence-electron chi connectivity index (χ4n) is 1.21. The summed E-state index contributed by atoms with van der Waals surface area (Å²) in [6, 6.07) is 0. The molecule has 1 rings (SSSR count). The number of nitrogen functional groups attached to an aromatic ring is 1. The highest BCUT2D eigenvalue weighted by Crippen LogP contribution is 2.05. The Morgan fingerprint density at radius 3 is 2.58 bits per heavy atom. The first-order valence-electron chi connectivity index (χ1n) is 4.27. The predicted molar refractivity (Wildman–Crippen MR) is 49.1 cm³/mol. The molecule has 0 aliphatic rings. The summed E-state index contributed by atoms with van der Waals surface area (Å²) < 4.78 is 1.53. The summed E-state index contributed by atoms with van der Waals surface area (Å²) in [5.74, 6) is 0. The van der Waals surface area contributed by atoms with Crippen molar-refractivity contribution in [2.75, 3.05) is 5.73 Å². The molecule has 1 aromatic rings. The molecule has 0 atom stereocenters. The quantitative estimate of drug-likeness (QED) is 0.700. The number of nitrogens with two attached hydrogens (primary N) is 1. The van der Waals surface area contributed by atoms with Crippen LogP contribution in [0, 0.1) is 0 Å². The fourth-order valence-corrected chi connectivity index (χ4v) is 1.21. The van der Waals surface area contributed by atoms with Crippen molar-refractivity contribution in [3.63, 3.8) is 0 Å². The van der Waals surface area contributed by atoms with Gasteiger partial charge in [-0.25, -0.2) is 0 Å². The third-order valence-electron chi connectivity index (χ3n) is 1.89. The number of nitrogens with zero attached hydrogens (tertiary/aromatic N) is 1. The van der Waals surface area contributed by atoms with Gasteiger partial charge in [0, 0.05) is 6.54 Å². The minimum atomic E-state index is -0.0963. The number of anilines is 1. The summed E-state index contributed by atoms with van der Waals surface area (Å²) in [6.07, 6.45) is 1.84. The smallest absolute Gasteiger partial charge is 0.289 e. The highest BCUT2D eigenvalue weighted by atomic mass is 16.1. The average Bonchev–Trinajstić information content (AvgIpc) is 2.33. The van der Waals surface area contributed by atoms with Gasteiger partial charge in [0.15, 0.2) is 0 Å². The number of rotatable bonds is 3. The van der Waals surface area contributed by atoms with E-state index in [4.69, 9.17) is 5.73 Å². The number of H-pyrrole nitrogens is 1. The minimum absolute atomic E-state index is 0.0963. The van der Waals surface area contributed by atoms with Gasteiger partial charge in [-0.2, -0.15) is 0 Å². The molecule has 0 fully saturated rings. The molecule has 0 bridgehead atoms. The van der Waals surface area contributed by atoms with Crippen LogP contribution >= 0.6 is 0 Å². The van der Waals surface area contributed by atoms with E-state index >= 15 is 0 Å². The lowest BCUT2D eigenvalue weighted by Gasteiger charge is -1.94. The van der Waals surface area contributed by atoms with Gasteiger partial charge >= 0.3 is 0 Å². The number of hydrogen-bond donors (Lipinski definition) is 2. The highest BCUT2D eigenvalue weighted by Gasteiger charge is 2.07. The SMILES string of the molecule is CCCc1[nH]n(CC)c(=O)c1N. The van der Waals surface area contributed by atoms with Crippen molar-refractivity contribution in [1.82, 2.24) is 9.78 Å². The predicted octanol–water partition coefficient (Wildman–Crippen LogP) is 0.731. The normalized spacial score (nSPS) is 10.5. The summed E-state index contributed by atoms with van der Waals surface area (Å²) in [4.78, 5) is 11.3. The van der Waals surface area contributed by atoms with Crippen LogP contribution < -0.4 is 11.3 Å². The summed E-state index contributed by atoms with van der Waals surface area (Å²) >= 11 is 0. The molecule has 0 aliphatic heterocycles. The molecule has 0 aromatic carbocycles. The Balaban J connectivity index is 3.07. The standard InChI is InChI=1S/C8H15N3O/c1-3-5-6-7(9)8(12)11(4-2)10-6/h10H,3-5,9H2,1-2H3. The van der Waals surface area contributed by atoms with E-state index in [1.807, 2.05) is 6.92 Å². The van der Waals surface area contributed by atoms with Crippen LogP contribution in [0.15, 0.2) is 4.79 Å². The van der Waals surface area contributed by atoms with Crippen LogP contribution in [-0.4, -0.2) is 9.78 Å². The van der Waals surface area contributed by atoms with E-state index < -0.39 is 0 Å². The molecule has 3 N–H and O–H groups in total.